The third-order valence-electron chi connectivity index (χ3n) is 5.10. The maximum atomic E-state index is 13.4. The monoisotopic (exact) mass is 473 g/mol. The van der Waals surface area contributed by atoms with Crippen molar-refractivity contribution in [1.29, 1.82) is 0 Å². The number of benzene rings is 3. The zero-order chi connectivity index (χ0) is 21.1. The third-order valence-corrected chi connectivity index (χ3v) is 6.45. The second-order valence-electron chi connectivity index (χ2n) is 7.60. The zero-order valence-electron chi connectivity index (χ0n) is 17.5. The van der Waals surface area contributed by atoms with E-state index in [1.54, 1.807) is 0 Å². The van der Waals surface area contributed by atoms with Gasteiger partial charge in [-0.15, -0.1) is 12.4 Å². The molecule has 4 rings (SSSR count). The van der Waals surface area contributed by atoms with Gasteiger partial charge in [0, 0.05) is 6.54 Å². The molecule has 0 atom stereocenters. The maximum Gasteiger partial charge on any atom is 0.233 e. The highest BCUT2D eigenvalue weighted by Gasteiger charge is 2.21. The number of para-hydroxylation sites is 1. The van der Waals surface area contributed by atoms with Gasteiger partial charge in [-0.3, -0.25) is 9.69 Å². The molecule has 0 saturated heterocycles. The van der Waals surface area contributed by atoms with Gasteiger partial charge < -0.3 is 4.90 Å². The summed E-state index contributed by atoms with van der Waals surface area (Å²) < 4.78 is 0.994. The molecule has 0 unspecified atom stereocenters. The highest BCUT2D eigenvalue weighted by molar-refractivity contribution is 7.22. The Labute approximate surface area is 197 Å². The van der Waals surface area contributed by atoms with Crippen LogP contribution in [-0.2, 0) is 11.2 Å². The second-order valence-corrected chi connectivity index (χ2v) is 9.02. The summed E-state index contributed by atoms with van der Waals surface area (Å²) >= 11 is 7.85. The number of nitrogens with zero attached hydrogens (tertiary/aromatic N) is 3. The van der Waals surface area contributed by atoms with Crippen LogP contribution in [0.1, 0.15) is 12.0 Å². The van der Waals surface area contributed by atoms with Crippen molar-refractivity contribution in [2.24, 2.45) is 0 Å². The van der Waals surface area contributed by atoms with Crippen molar-refractivity contribution in [1.82, 2.24) is 9.88 Å². The molecule has 4 nitrogen and oxygen atoms in total. The molecule has 162 valence electrons. The van der Waals surface area contributed by atoms with Crippen LogP contribution in [0, 0.1) is 0 Å². The molecular formula is C24H25Cl2N3OS. The number of aromatic nitrogens is 1. The van der Waals surface area contributed by atoms with Crippen LogP contribution in [0.25, 0.3) is 21.0 Å². The molecule has 0 bridgehead atoms. The molecule has 0 fully saturated rings. The number of hydrogen-bond acceptors (Lipinski definition) is 4. The van der Waals surface area contributed by atoms with E-state index in [1.165, 1.54) is 11.3 Å². The molecule has 1 heterocycles. The maximum absolute atomic E-state index is 13.4. The van der Waals surface area contributed by atoms with Crippen molar-refractivity contribution in [3.8, 4) is 0 Å². The van der Waals surface area contributed by atoms with Crippen LogP contribution >= 0.6 is 35.3 Å². The topological polar surface area (TPSA) is 36.4 Å². The fraction of sp³-hybridized carbons (Fsp3) is 0.250. The number of carbonyl (C=O) groups is 1. The fourth-order valence-electron chi connectivity index (χ4n) is 3.60. The van der Waals surface area contributed by atoms with Crippen LogP contribution in [0.3, 0.4) is 0 Å². The first-order valence-corrected chi connectivity index (χ1v) is 11.2. The van der Waals surface area contributed by atoms with Crippen LogP contribution in [0.15, 0.2) is 60.7 Å². The number of rotatable bonds is 7. The molecule has 4 aromatic rings. The normalized spacial score (nSPS) is 11.1. The summed E-state index contributed by atoms with van der Waals surface area (Å²) in [5.41, 5.74) is 1.80. The minimum Gasteiger partial charge on any atom is -0.309 e. The number of thiazole rings is 1. The zero-order valence-corrected chi connectivity index (χ0v) is 19.9. The molecule has 0 radical (unpaired) electrons. The van der Waals surface area contributed by atoms with Gasteiger partial charge in [0.1, 0.15) is 5.52 Å². The summed E-state index contributed by atoms with van der Waals surface area (Å²) in [6.45, 7) is 1.53. The highest BCUT2D eigenvalue weighted by atomic mass is 35.5. The van der Waals surface area contributed by atoms with Gasteiger partial charge in [0.05, 0.1) is 16.1 Å². The SMILES string of the molecule is CN(C)CCCN(C(=O)Cc1cccc2ccccc12)c1nc2c(Cl)cccc2s1.Cl. The first kappa shape index (κ1) is 23.5. The quantitative estimate of drug-likeness (QED) is 0.327. The lowest BCUT2D eigenvalue weighted by molar-refractivity contribution is -0.118. The first-order valence-electron chi connectivity index (χ1n) is 10.00. The lowest BCUT2D eigenvalue weighted by Gasteiger charge is -2.21. The standard InChI is InChI=1S/C24H24ClN3OS.ClH/c1-27(2)14-7-15-28(24-26-23-20(25)12-6-13-21(23)30-24)22(29)16-18-10-5-9-17-8-3-4-11-19(17)18;/h3-6,8-13H,7,14-16H2,1-2H3;1H. The van der Waals surface area contributed by atoms with E-state index in [2.05, 4.69) is 23.1 Å². The van der Waals surface area contributed by atoms with E-state index in [0.717, 1.165) is 39.5 Å². The Morgan fingerprint density at radius 1 is 1.00 bits per heavy atom. The molecule has 7 heteroatoms. The Bertz CT molecular complexity index is 1190. The Balaban J connectivity index is 0.00000272. The number of halogens is 2. The van der Waals surface area contributed by atoms with E-state index in [0.29, 0.717) is 23.1 Å². The van der Waals surface area contributed by atoms with Gasteiger partial charge in [-0.05, 0) is 55.5 Å². The van der Waals surface area contributed by atoms with Crippen LogP contribution in [0.2, 0.25) is 5.02 Å². The molecule has 3 aromatic carbocycles. The highest BCUT2D eigenvalue weighted by Crippen LogP contribution is 2.33. The number of amides is 1. The molecule has 0 aliphatic heterocycles. The van der Waals surface area contributed by atoms with Crippen LogP contribution in [-0.4, -0.2) is 43.0 Å². The van der Waals surface area contributed by atoms with Crippen molar-refractivity contribution < 1.29 is 4.79 Å². The number of anilines is 1. The summed E-state index contributed by atoms with van der Waals surface area (Å²) in [5, 5.41) is 3.59. The summed E-state index contributed by atoms with van der Waals surface area (Å²) in [5.74, 6) is 0.0558. The molecule has 1 amide bonds. The fourth-order valence-corrected chi connectivity index (χ4v) is 4.90. The lowest BCUT2D eigenvalue weighted by atomic mass is 10.0. The Morgan fingerprint density at radius 2 is 1.74 bits per heavy atom. The Hall–Kier alpha value is -2.18. The summed E-state index contributed by atoms with van der Waals surface area (Å²) in [7, 11) is 4.08. The van der Waals surface area contributed by atoms with Crippen LogP contribution in [0.5, 0.6) is 0 Å². The van der Waals surface area contributed by atoms with Crippen molar-refractivity contribution in [3.05, 3.63) is 71.2 Å². The molecule has 0 saturated carbocycles. The third kappa shape index (κ3) is 5.36. The minimum atomic E-state index is 0. The smallest absolute Gasteiger partial charge is 0.233 e. The summed E-state index contributed by atoms with van der Waals surface area (Å²) in [4.78, 5) is 22.1. The van der Waals surface area contributed by atoms with Gasteiger partial charge in [0.15, 0.2) is 5.13 Å². The Kier molecular flexibility index (Phi) is 7.89. The van der Waals surface area contributed by atoms with Crippen LogP contribution < -0.4 is 4.90 Å². The van der Waals surface area contributed by atoms with E-state index < -0.39 is 0 Å². The van der Waals surface area contributed by atoms with Crippen molar-refractivity contribution in [2.45, 2.75) is 12.8 Å². The van der Waals surface area contributed by atoms with Gasteiger partial charge in [0.25, 0.3) is 0 Å². The summed E-state index contributed by atoms with van der Waals surface area (Å²) in [6.07, 6.45) is 1.21. The van der Waals surface area contributed by atoms with Gasteiger partial charge in [-0.2, -0.15) is 0 Å². The van der Waals surface area contributed by atoms with Crippen molar-refractivity contribution >= 4 is 67.4 Å². The van der Waals surface area contributed by atoms with E-state index >= 15 is 0 Å². The van der Waals surface area contributed by atoms with Gasteiger partial charge in [-0.25, -0.2) is 4.98 Å². The Morgan fingerprint density at radius 3 is 2.52 bits per heavy atom. The van der Waals surface area contributed by atoms with Gasteiger partial charge in [0.2, 0.25) is 5.91 Å². The number of carbonyl (C=O) groups excluding carboxylic acids is 1. The molecule has 31 heavy (non-hydrogen) atoms. The molecular weight excluding hydrogens is 449 g/mol. The summed E-state index contributed by atoms with van der Waals surface area (Å²) in [6, 6.07) is 20.1. The minimum absolute atomic E-state index is 0. The predicted octanol–water partition coefficient (Wildman–Crippen LogP) is 6.05. The van der Waals surface area contributed by atoms with Gasteiger partial charge >= 0.3 is 0 Å². The average Bonchev–Trinajstić information content (AvgIpc) is 3.16. The van der Waals surface area contributed by atoms with E-state index in [-0.39, 0.29) is 18.3 Å². The molecule has 0 aliphatic rings. The van der Waals surface area contributed by atoms with Crippen LogP contribution in [0.4, 0.5) is 5.13 Å². The largest absolute Gasteiger partial charge is 0.309 e. The van der Waals surface area contributed by atoms with E-state index in [1.807, 2.05) is 61.5 Å². The van der Waals surface area contributed by atoms with E-state index in [4.69, 9.17) is 16.6 Å². The number of hydrogen-bond donors (Lipinski definition) is 0. The molecule has 0 spiro atoms. The molecule has 1 aromatic heterocycles. The predicted molar refractivity (Wildman–Crippen MR) is 135 cm³/mol. The second kappa shape index (κ2) is 10.4. The number of fused-ring (bicyclic) bond motifs is 2. The van der Waals surface area contributed by atoms with Gasteiger partial charge in [-0.1, -0.05) is 71.5 Å². The van der Waals surface area contributed by atoms with Crippen molar-refractivity contribution in [3.63, 3.8) is 0 Å². The lowest BCUT2D eigenvalue weighted by Crippen LogP contribution is -2.34. The van der Waals surface area contributed by atoms with Crippen molar-refractivity contribution in [2.75, 3.05) is 32.1 Å². The molecule has 0 N–H and O–H groups in total. The first-order chi connectivity index (χ1) is 14.5. The molecule has 0 aliphatic carbocycles. The van der Waals surface area contributed by atoms with E-state index in [9.17, 15) is 4.79 Å². The average molecular weight is 474 g/mol.